The van der Waals surface area contributed by atoms with Crippen LogP contribution in [0.25, 0.3) is 11.5 Å². The lowest BCUT2D eigenvalue weighted by Crippen LogP contribution is -2.20. The SMILES string of the molecule is Cc1noc(-c2c(NC(=O)C3CCCC3)sc3c2CCCC3)n1. The first-order valence-electron chi connectivity index (χ1n) is 8.48. The third kappa shape index (κ3) is 2.80. The zero-order chi connectivity index (χ0) is 15.8. The van der Waals surface area contributed by atoms with E-state index in [-0.39, 0.29) is 11.8 Å². The largest absolute Gasteiger partial charge is 0.334 e. The zero-order valence-electron chi connectivity index (χ0n) is 13.4. The van der Waals surface area contributed by atoms with Crippen molar-refractivity contribution in [3.8, 4) is 11.5 Å². The highest BCUT2D eigenvalue weighted by Crippen LogP contribution is 2.44. The van der Waals surface area contributed by atoms with Gasteiger partial charge in [0.25, 0.3) is 5.89 Å². The first-order valence-corrected chi connectivity index (χ1v) is 9.30. The summed E-state index contributed by atoms with van der Waals surface area (Å²) in [6, 6.07) is 0. The standard InChI is InChI=1S/C17H21N3O2S/c1-10-18-16(22-20-10)14-12-8-4-5-9-13(12)23-17(14)19-15(21)11-6-2-3-7-11/h11H,2-9H2,1H3,(H,19,21). The van der Waals surface area contributed by atoms with Gasteiger partial charge in [-0.05, 0) is 51.0 Å². The van der Waals surface area contributed by atoms with Crippen LogP contribution in [0.4, 0.5) is 5.00 Å². The minimum atomic E-state index is 0.151. The Balaban J connectivity index is 1.70. The van der Waals surface area contributed by atoms with Crippen molar-refractivity contribution >= 4 is 22.2 Å². The highest BCUT2D eigenvalue weighted by molar-refractivity contribution is 7.17. The number of aryl methyl sites for hydroxylation is 2. The second-order valence-corrected chi connectivity index (χ2v) is 7.64. The molecular weight excluding hydrogens is 310 g/mol. The molecular formula is C17H21N3O2S. The first-order chi connectivity index (χ1) is 11.2. The van der Waals surface area contributed by atoms with Crippen molar-refractivity contribution in [3.63, 3.8) is 0 Å². The minimum absolute atomic E-state index is 0.151. The number of carbonyl (C=O) groups excluding carboxylic acids is 1. The summed E-state index contributed by atoms with van der Waals surface area (Å²) in [5, 5.41) is 7.99. The predicted octanol–water partition coefficient (Wildman–Crippen LogP) is 4.11. The predicted molar refractivity (Wildman–Crippen MR) is 89.6 cm³/mol. The van der Waals surface area contributed by atoms with Crippen LogP contribution in [-0.2, 0) is 17.6 Å². The van der Waals surface area contributed by atoms with E-state index in [0.29, 0.717) is 11.7 Å². The van der Waals surface area contributed by atoms with Crippen LogP contribution in [-0.4, -0.2) is 16.0 Å². The number of nitrogens with zero attached hydrogens (tertiary/aromatic N) is 2. The Kier molecular flexibility index (Phi) is 3.93. The summed E-state index contributed by atoms with van der Waals surface area (Å²) in [6.45, 7) is 1.82. The molecule has 1 saturated carbocycles. The van der Waals surface area contributed by atoms with Gasteiger partial charge >= 0.3 is 0 Å². The summed E-state index contributed by atoms with van der Waals surface area (Å²) in [5.74, 6) is 1.48. The molecule has 1 amide bonds. The molecule has 0 aliphatic heterocycles. The Morgan fingerprint density at radius 1 is 1.22 bits per heavy atom. The third-order valence-electron chi connectivity index (χ3n) is 4.88. The second-order valence-electron chi connectivity index (χ2n) is 6.53. The number of carbonyl (C=O) groups is 1. The first kappa shape index (κ1) is 14.9. The fourth-order valence-electron chi connectivity index (χ4n) is 3.68. The summed E-state index contributed by atoms with van der Waals surface area (Å²) in [4.78, 5) is 18.3. The highest BCUT2D eigenvalue weighted by atomic mass is 32.1. The fraction of sp³-hybridized carbons (Fsp3) is 0.588. The van der Waals surface area contributed by atoms with Gasteiger partial charge in [0, 0.05) is 10.8 Å². The van der Waals surface area contributed by atoms with Gasteiger partial charge in [-0.25, -0.2) is 0 Å². The molecule has 0 radical (unpaired) electrons. The lowest BCUT2D eigenvalue weighted by Gasteiger charge is -2.11. The molecule has 6 heteroatoms. The Hall–Kier alpha value is -1.69. The molecule has 23 heavy (non-hydrogen) atoms. The number of aromatic nitrogens is 2. The van der Waals surface area contributed by atoms with Crippen LogP contribution in [0.1, 0.15) is 54.8 Å². The molecule has 2 aliphatic carbocycles. The van der Waals surface area contributed by atoms with Gasteiger partial charge < -0.3 is 9.84 Å². The van der Waals surface area contributed by atoms with Gasteiger partial charge in [0.05, 0.1) is 5.56 Å². The van der Waals surface area contributed by atoms with E-state index in [1.54, 1.807) is 11.3 Å². The Morgan fingerprint density at radius 3 is 2.74 bits per heavy atom. The third-order valence-corrected chi connectivity index (χ3v) is 6.08. The van der Waals surface area contributed by atoms with Crippen molar-refractivity contribution in [1.29, 1.82) is 0 Å². The molecule has 0 atom stereocenters. The smallest absolute Gasteiger partial charge is 0.261 e. The van der Waals surface area contributed by atoms with Crippen LogP contribution in [0.15, 0.2) is 4.52 Å². The normalized spacial score (nSPS) is 18.1. The molecule has 1 N–H and O–H groups in total. The van der Waals surface area contributed by atoms with Crippen LogP contribution in [0, 0.1) is 12.8 Å². The number of amides is 1. The number of thiophene rings is 1. The number of hydrogen-bond acceptors (Lipinski definition) is 5. The van der Waals surface area contributed by atoms with E-state index in [1.165, 1.54) is 23.3 Å². The molecule has 0 bridgehead atoms. The molecule has 1 fully saturated rings. The topological polar surface area (TPSA) is 68.0 Å². The van der Waals surface area contributed by atoms with Crippen LogP contribution < -0.4 is 5.32 Å². The van der Waals surface area contributed by atoms with Crippen LogP contribution in [0.5, 0.6) is 0 Å². The molecule has 2 aromatic heterocycles. The van der Waals surface area contributed by atoms with Gasteiger partial charge in [0.2, 0.25) is 5.91 Å². The van der Waals surface area contributed by atoms with Gasteiger partial charge in [-0.2, -0.15) is 4.98 Å². The molecule has 2 aromatic rings. The van der Waals surface area contributed by atoms with E-state index < -0.39 is 0 Å². The molecule has 2 aliphatic rings. The Bertz CT molecular complexity index is 728. The van der Waals surface area contributed by atoms with Gasteiger partial charge in [-0.3, -0.25) is 4.79 Å². The summed E-state index contributed by atoms with van der Waals surface area (Å²) < 4.78 is 5.42. The lowest BCUT2D eigenvalue weighted by atomic mass is 9.95. The fourth-order valence-corrected chi connectivity index (χ4v) is 4.97. The van der Waals surface area contributed by atoms with E-state index in [2.05, 4.69) is 15.5 Å². The maximum Gasteiger partial charge on any atom is 0.261 e. The maximum atomic E-state index is 12.5. The van der Waals surface area contributed by atoms with Crippen molar-refractivity contribution in [3.05, 3.63) is 16.3 Å². The van der Waals surface area contributed by atoms with Gasteiger partial charge in [-0.1, -0.05) is 18.0 Å². The Morgan fingerprint density at radius 2 is 2.00 bits per heavy atom. The second kappa shape index (κ2) is 6.07. The molecule has 4 rings (SSSR count). The van der Waals surface area contributed by atoms with Crippen molar-refractivity contribution in [1.82, 2.24) is 10.1 Å². The van der Waals surface area contributed by atoms with E-state index in [0.717, 1.165) is 49.1 Å². The average Bonchev–Trinajstić information content (AvgIpc) is 3.25. The number of nitrogens with one attached hydrogen (secondary N) is 1. The molecule has 122 valence electrons. The minimum Gasteiger partial charge on any atom is -0.334 e. The van der Waals surface area contributed by atoms with E-state index in [4.69, 9.17) is 4.52 Å². The number of anilines is 1. The monoisotopic (exact) mass is 331 g/mol. The molecule has 2 heterocycles. The highest BCUT2D eigenvalue weighted by Gasteiger charge is 2.29. The molecule has 0 spiro atoms. The average molecular weight is 331 g/mol. The Labute approximate surface area is 139 Å². The summed E-state index contributed by atoms with van der Waals surface area (Å²) in [5.41, 5.74) is 2.27. The van der Waals surface area contributed by atoms with Crippen LogP contribution >= 0.6 is 11.3 Å². The molecule has 5 nitrogen and oxygen atoms in total. The van der Waals surface area contributed by atoms with E-state index in [1.807, 2.05) is 6.92 Å². The van der Waals surface area contributed by atoms with Crippen molar-refractivity contribution in [2.24, 2.45) is 5.92 Å². The number of rotatable bonds is 3. The number of hydrogen-bond donors (Lipinski definition) is 1. The summed E-state index contributed by atoms with van der Waals surface area (Å²) >= 11 is 1.69. The van der Waals surface area contributed by atoms with Crippen LogP contribution in [0.2, 0.25) is 0 Å². The maximum absolute atomic E-state index is 12.5. The molecule has 0 saturated heterocycles. The van der Waals surface area contributed by atoms with E-state index >= 15 is 0 Å². The van der Waals surface area contributed by atoms with Crippen LogP contribution in [0.3, 0.4) is 0 Å². The summed E-state index contributed by atoms with van der Waals surface area (Å²) in [7, 11) is 0. The van der Waals surface area contributed by atoms with Crippen molar-refractivity contribution < 1.29 is 9.32 Å². The van der Waals surface area contributed by atoms with Gasteiger partial charge in [0.1, 0.15) is 5.00 Å². The lowest BCUT2D eigenvalue weighted by molar-refractivity contribution is -0.119. The molecule has 0 unspecified atom stereocenters. The van der Waals surface area contributed by atoms with E-state index in [9.17, 15) is 4.79 Å². The quantitative estimate of drug-likeness (QED) is 0.919. The zero-order valence-corrected chi connectivity index (χ0v) is 14.2. The molecule has 0 aromatic carbocycles. The van der Waals surface area contributed by atoms with Gasteiger partial charge in [0.15, 0.2) is 5.82 Å². The number of fused-ring (bicyclic) bond motifs is 1. The summed E-state index contributed by atoms with van der Waals surface area (Å²) in [6.07, 6.45) is 8.84. The van der Waals surface area contributed by atoms with Crippen molar-refractivity contribution in [2.75, 3.05) is 5.32 Å². The van der Waals surface area contributed by atoms with Gasteiger partial charge in [-0.15, -0.1) is 11.3 Å². The van der Waals surface area contributed by atoms with Crippen molar-refractivity contribution in [2.45, 2.75) is 58.3 Å².